The first-order valence-corrected chi connectivity index (χ1v) is 8.94. The van der Waals surface area contributed by atoms with Crippen LogP contribution in [0.4, 0.5) is 5.69 Å². The standard InChI is InChI=1S/C17H26N2O2S/c1-12-4-5-15(13(2)8-12)19-16(20)9-14(3)18-10-17(21)6-7-22-11-17/h4-5,8,14,18,21H,6-7,9-11H2,1-3H3,(H,19,20). The highest BCUT2D eigenvalue weighted by Crippen LogP contribution is 2.27. The number of carbonyl (C=O) groups is 1. The first-order valence-electron chi connectivity index (χ1n) is 7.79. The van der Waals surface area contributed by atoms with Crippen LogP contribution in [0.1, 0.15) is 30.9 Å². The summed E-state index contributed by atoms with van der Waals surface area (Å²) in [7, 11) is 0. The fourth-order valence-electron chi connectivity index (χ4n) is 2.61. The Morgan fingerprint density at radius 3 is 2.86 bits per heavy atom. The molecule has 22 heavy (non-hydrogen) atoms. The molecule has 1 aromatic carbocycles. The lowest BCUT2D eigenvalue weighted by Gasteiger charge is -2.24. The van der Waals surface area contributed by atoms with Gasteiger partial charge in [-0.3, -0.25) is 4.79 Å². The average Bonchev–Trinajstić information content (AvgIpc) is 2.87. The van der Waals surface area contributed by atoms with E-state index < -0.39 is 5.60 Å². The van der Waals surface area contributed by atoms with Crippen LogP contribution in [0.3, 0.4) is 0 Å². The predicted octanol–water partition coefficient (Wildman–Crippen LogP) is 2.48. The van der Waals surface area contributed by atoms with Crippen molar-refractivity contribution in [3.63, 3.8) is 0 Å². The fourth-order valence-corrected chi connectivity index (χ4v) is 3.90. The zero-order valence-corrected chi connectivity index (χ0v) is 14.4. The van der Waals surface area contributed by atoms with Crippen molar-refractivity contribution in [3.05, 3.63) is 29.3 Å². The molecule has 3 N–H and O–H groups in total. The van der Waals surface area contributed by atoms with Gasteiger partial charge in [0.25, 0.3) is 0 Å². The van der Waals surface area contributed by atoms with Gasteiger partial charge in [-0.05, 0) is 44.6 Å². The number of benzene rings is 1. The van der Waals surface area contributed by atoms with Gasteiger partial charge in [0.1, 0.15) is 0 Å². The van der Waals surface area contributed by atoms with Crippen LogP contribution in [0.25, 0.3) is 0 Å². The van der Waals surface area contributed by atoms with Gasteiger partial charge < -0.3 is 15.7 Å². The molecule has 1 amide bonds. The number of anilines is 1. The fraction of sp³-hybridized carbons (Fsp3) is 0.588. The second-order valence-corrected chi connectivity index (χ2v) is 7.48. The van der Waals surface area contributed by atoms with E-state index in [-0.39, 0.29) is 11.9 Å². The van der Waals surface area contributed by atoms with E-state index in [1.165, 1.54) is 5.56 Å². The van der Waals surface area contributed by atoms with Crippen LogP contribution < -0.4 is 10.6 Å². The molecule has 1 heterocycles. The van der Waals surface area contributed by atoms with Crippen molar-refractivity contribution in [2.75, 3.05) is 23.4 Å². The summed E-state index contributed by atoms with van der Waals surface area (Å²) in [6.45, 7) is 6.57. The number of nitrogens with one attached hydrogen (secondary N) is 2. The second kappa shape index (κ2) is 7.49. The number of hydrogen-bond acceptors (Lipinski definition) is 4. The van der Waals surface area contributed by atoms with Gasteiger partial charge in [-0.15, -0.1) is 0 Å². The highest BCUT2D eigenvalue weighted by Gasteiger charge is 2.31. The van der Waals surface area contributed by atoms with Crippen LogP contribution in [-0.4, -0.2) is 40.7 Å². The summed E-state index contributed by atoms with van der Waals surface area (Å²) in [6.07, 6.45) is 1.22. The molecule has 1 saturated heterocycles. The third-order valence-corrected chi connectivity index (χ3v) is 5.24. The van der Waals surface area contributed by atoms with Crippen molar-refractivity contribution in [3.8, 4) is 0 Å². The largest absolute Gasteiger partial charge is 0.388 e. The molecule has 0 spiro atoms. The Labute approximate surface area is 137 Å². The number of rotatable bonds is 6. The molecular weight excluding hydrogens is 296 g/mol. The molecule has 1 fully saturated rings. The van der Waals surface area contributed by atoms with Crippen LogP contribution in [0.15, 0.2) is 18.2 Å². The Kier molecular flexibility index (Phi) is 5.89. The van der Waals surface area contributed by atoms with Crippen molar-refractivity contribution >= 4 is 23.4 Å². The summed E-state index contributed by atoms with van der Waals surface area (Å²) in [5.74, 6) is 1.79. The molecule has 0 radical (unpaired) electrons. The Balaban J connectivity index is 1.78. The molecule has 2 unspecified atom stereocenters. The molecule has 0 saturated carbocycles. The Hall–Kier alpha value is -1.04. The summed E-state index contributed by atoms with van der Waals surface area (Å²) < 4.78 is 0. The highest BCUT2D eigenvalue weighted by molar-refractivity contribution is 7.99. The van der Waals surface area contributed by atoms with Crippen molar-refractivity contribution in [2.45, 2.75) is 45.3 Å². The Bertz CT molecular complexity index is 527. The lowest BCUT2D eigenvalue weighted by atomic mass is 10.0. The molecule has 0 bridgehead atoms. The first kappa shape index (κ1) is 17.3. The van der Waals surface area contributed by atoms with Gasteiger partial charge in [0.15, 0.2) is 0 Å². The monoisotopic (exact) mass is 322 g/mol. The zero-order chi connectivity index (χ0) is 16.2. The van der Waals surface area contributed by atoms with E-state index >= 15 is 0 Å². The Morgan fingerprint density at radius 1 is 1.45 bits per heavy atom. The van der Waals surface area contributed by atoms with Crippen LogP contribution >= 0.6 is 11.8 Å². The first-order chi connectivity index (χ1) is 10.4. The molecule has 2 atom stereocenters. The van der Waals surface area contributed by atoms with Crippen molar-refractivity contribution in [1.82, 2.24) is 5.32 Å². The third-order valence-electron chi connectivity index (χ3n) is 4.01. The van der Waals surface area contributed by atoms with Crippen molar-refractivity contribution in [2.24, 2.45) is 0 Å². The van der Waals surface area contributed by atoms with Crippen LogP contribution in [0, 0.1) is 13.8 Å². The topological polar surface area (TPSA) is 61.4 Å². The van der Waals surface area contributed by atoms with E-state index in [4.69, 9.17) is 0 Å². The molecule has 122 valence electrons. The van der Waals surface area contributed by atoms with Gasteiger partial charge in [-0.2, -0.15) is 11.8 Å². The Morgan fingerprint density at radius 2 is 2.23 bits per heavy atom. The lowest BCUT2D eigenvalue weighted by molar-refractivity contribution is -0.116. The number of hydrogen-bond donors (Lipinski definition) is 3. The SMILES string of the molecule is Cc1ccc(NC(=O)CC(C)NCC2(O)CCSC2)c(C)c1. The van der Waals surface area contributed by atoms with Crippen LogP contribution in [0.2, 0.25) is 0 Å². The molecule has 1 aliphatic rings. The molecule has 5 heteroatoms. The maximum absolute atomic E-state index is 12.1. The van der Waals surface area contributed by atoms with E-state index in [9.17, 15) is 9.90 Å². The van der Waals surface area contributed by atoms with E-state index in [2.05, 4.69) is 16.7 Å². The second-order valence-electron chi connectivity index (χ2n) is 6.38. The normalized spacial score (nSPS) is 22.5. The molecule has 4 nitrogen and oxygen atoms in total. The zero-order valence-electron chi connectivity index (χ0n) is 13.6. The molecule has 1 aromatic rings. The summed E-state index contributed by atoms with van der Waals surface area (Å²) in [5, 5.41) is 16.5. The number of carbonyl (C=O) groups excluding carboxylic acids is 1. The highest BCUT2D eigenvalue weighted by atomic mass is 32.2. The predicted molar refractivity (Wildman–Crippen MR) is 93.5 cm³/mol. The third kappa shape index (κ3) is 5.00. The molecule has 1 aliphatic heterocycles. The summed E-state index contributed by atoms with van der Waals surface area (Å²) in [5.41, 5.74) is 2.52. The van der Waals surface area contributed by atoms with Gasteiger partial charge in [0.2, 0.25) is 5.91 Å². The molecule has 0 aromatic heterocycles. The van der Waals surface area contributed by atoms with Crippen molar-refractivity contribution < 1.29 is 9.90 Å². The maximum Gasteiger partial charge on any atom is 0.225 e. The molecule has 2 rings (SSSR count). The summed E-state index contributed by atoms with van der Waals surface area (Å²) >= 11 is 1.78. The summed E-state index contributed by atoms with van der Waals surface area (Å²) in [6, 6.07) is 6.04. The van der Waals surface area contributed by atoms with Gasteiger partial charge >= 0.3 is 0 Å². The molecule has 0 aliphatic carbocycles. The van der Waals surface area contributed by atoms with Crippen LogP contribution in [0.5, 0.6) is 0 Å². The van der Waals surface area contributed by atoms with Gasteiger partial charge in [0.05, 0.1) is 5.60 Å². The van der Waals surface area contributed by atoms with Gasteiger partial charge in [0, 0.05) is 30.4 Å². The van der Waals surface area contributed by atoms with Crippen molar-refractivity contribution in [1.29, 1.82) is 0 Å². The number of aliphatic hydroxyl groups is 1. The number of aryl methyl sites for hydroxylation is 2. The van der Waals surface area contributed by atoms with E-state index in [1.54, 1.807) is 11.8 Å². The van der Waals surface area contributed by atoms with E-state index in [0.717, 1.165) is 29.2 Å². The minimum Gasteiger partial charge on any atom is -0.388 e. The summed E-state index contributed by atoms with van der Waals surface area (Å²) in [4.78, 5) is 12.1. The lowest BCUT2D eigenvalue weighted by Crippen LogP contribution is -2.44. The van der Waals surface area contributed by atoms with E-state index in [0.29, 0.717) is 13.0 Å². The minimum absolute atomic E-state index is 0.000241. The maximum atomic E-state index is 12.1. The number of amides is 1. The molecular formula is C17H26N2O2S. The van der Waals surface area contributed by atoms with Gasteiger partial charge in [-0.25, -0.2) is 0 Å². The quantitative estimate of drug-likeness (QED) is 0.753. The van der Waals surface area contributed by atoms with Gasteiger partial charge in [-0.1, -0.05) is 17.7 Å². The van der Waals surface area contributed by atoms with Crippen LogP contribution in [-0.2, 0) is 4.79 Å². The van der Waals surface area contributed by atoms with E-state index in [1.807, 2.05) is 32.9 Å². The minimum atomic E-state index is -0.608. The number of thioether (sulfide) groups is 1. The average molecular weight is 322 g/mol. The smallest absolute Gasteiger partial charge is 0.225 e.